The van der Waals surface area contributed by atoms with E-state index in [0.29, 0.717) is 4.47 Å². The largest absolute Gasteiger partial charge is 0.313 e. The SMILES string of the molecule is CNC(Cc1ccc(F)c(Br)c1)c1cccc(Cl)c1C. The molecule has 20 heavy (non-hydrogen) atoms. The first kappa shape index (κ1) is 15.5. The second kappa shape index (κ2) is 6.70. The average molecular weight is 357 g/mol. The summed E-state index contributed by atoms with van der Waals surface area (Å²) in [6.07, 6.45) is 0.774. The topological polar surface area (TPSA) is 12.0 Å². The molecule has 106 valence electrons. The first-order valence-electron chi connectivity index (χ1n) is 6.39. The maximum absolute atomic E-state index is 13.3. The third-order valence-electron chi connectivity index (χ3n) is 3.46. The lowest BCUT2D eigenvalue weighted by Gasteiger charge is -2.20. The van der Waals surface area contributed by atoms with Crippen molar-refractivity contribution in [3.8, 4) is 0 Å². The molecule has 2 aromatic carbocycles. The molecule has 1 atom stereocenters. The van der Waals surface area contributed by atoms with Gasteiger partial charge in [0.25, 0.3) is 0 Å². The average Bonchev–Trinajstić information content (AvgIpc) is 2.43. The molecule has 0 fully saturated rings. The number of hydrogen-bond acceptors (Lipinski definition) is 1. The van der Waals surface area contributed by atoms with Crippen LogP contribution in [0.2, 0.25) is 5.02 Å². The first-order chi connectivity index (χ1) is 9.52. The van der Waals surface area contributed by atoms with E-state index in [2.05, 4.69) is 27.3 Å². The van der Waals surface area contributed by atoms with Gasteiger partial charge < -0.3 is 5.32 Å². The molecule has 0 spiro atoms. The van der Waals surface area contributed by atoms with E-state index in [1.165, 1.54) is 11.6 Å². The zero-order valence-electron chi connectivity index (χ0n) is 11.4. The van der Waals surface area contributed by atoms with Gasteiger partial charge in [-0.25, -0.2) is 4.39 Å². The predicted octanol–water partition coefficient (Wildman–Crippen LogP) is 5.05. The number of hydrogen-bond donors (Lipinski definition) is 1. The molecule has 0 saturated heterocycles. The maximum atomic E-state index is 13.3. The fourth-order valence-corrected chi connectivity index (χ4v) is 2.88. The molecular weight excluding hydrogens is 341 g/mol. The standard InChI is InChI=1S/C16H16BrClFN/c1-10-12(4-3-5-14(10)18)16(20-2)9-11-6-7-15(19)13(17)8-11/h3-8,16,20H,9H2,1-2H3. The Labute approximate surface area is 132 Å². The lowest BCUT2D eigenvalue weighted by Crippen LogP contribution is -2.20. The normalized spacial score (nSPS) is 12.4. The first-order valence-corrected chi connectivity index (χ1v) is 7.56. The van der Waals surface area contributed by atoms with Gasteiger partial charge in [-0.05, 0) is 71.2 Å². The summed E-state index contributed by atoms with van der Waals surface area (Å²) < 4.78 is 13.8. The van der Waals surface area contributed by atoms with Crippen molar-refractivity contribution in [2.45, 2.75) is 19.4 Å². The van der Waals surface area contributed by atoms with Crippen molar-refractivity contribution in [1.29, 1.82) is 0 Å². The molecule has 0 aromatic heterocycles. The Bertz CT molecular complexity index is 615. The third-order valence-corrected chi connectivity index (χ3v) is 4.47. The van der Waals surface area contributed by atoms with Gasteiger partial charge in [-0.15, -0.1) is 0 Å². The molecule has 4 heteroatoms. The Morgan fingerprint density at radius 2 is 2.05 bits per heavy atom. The minimum atomic E-state index is -0.242. The van der Waals surface area contributed by atoms with Gasteiger partial charge >= 0.3 is 0 Å². The summed E-state index contributed by atoms with van der Waals surface area (Å²) in [7, 11) is 1.92. The van der Waals surface area contributed by atoms with Gasteiger partial charge in [0.15, 0.2) is 0 Å². The Morgan fingerprint density at radius 3 is 2.70 bits per heavy atom. The maximum Gasteiger partial charge on any atom is 0.137 e. The van der Waals surface area contributed by atoms with Gasteiger partial charge in [0.2, 0.25) is 0 Å². The molecule has 1 nitrogen and oxygen atoms in total. The monoisotopic (exact) mass is 355 g/mol. The van der Waals surface area contributed by atoms with Gasteiger partial charge in [-0.1, -0.05) is 29.8 Å². The molecule has 0 aliphatic heterocycles. The van der Waals surface area contributed by atoms with Crippen molar-refractivity contribution < 1.29 is 4.39 Å². The second-order valence-corrected chi connectivity index (χ2v) is 6.01. The van der Waals surface area contributed by atoms with Gasteiger partial charge in [-0.3, -0.25) is 0 Å². The summed E-state index contributed by atoms with van der Waals surface area (Å²) in [6.45, 7) is 2.02. The Balaban J connectivity index is 2.28. The van der Waals surface area contributed by atoms with Crippen LogP contribution in [0, 0.1) is 12.7 Å². The predicted molar refractivity (Wildman–Crippen MR) is 85.8 cm³/mol. The summed E-state index contributed by atoms with van der Waals surface area (Å²) in [5, 5.41) is 4.07. The van der Waals surface area contributed by atoms with Gasteiger partial charge in [-0.2, -0.15) is 0 Å². The molecule has 0 amide bonds. The van der Waals surface area contributed by atoms with E-state index < -0.39 is 0 Å². The van der Waals surface area contributed by atoms with Crippen LogP contribution >= 0.6 is 27.5 Å². The van der Waals surface area contributed by atoms with Crippen LogP contribution in [0.1, 0.15) is 22.7 Å². The van der Waals surface area contributed by atoms with Gasteiger partial charge in [0.1, 0.15) is 5.82 Å². The zero-order valence-corrected chi connectivity index (χ0v) is 13.7. The molecule has 0 aliphatic rings. The molecule has 0 saturated carbocycles. The smallest absolute Gasteiger partial charge is 0.137 e. The van der Waals surface area contributed by atoms with E-state index in [4.69, 9.17) is 11.6 Å². The van der Waals surface area contributed by atoms with Crippen LogP contribution in [0.5, 0.6) is 0 Å². The number of rotatable bonds is 4. The molecule has 0 heterocycles. The van der Waals surface area contributed by atoms with Gasteiger partial charge in [0.05, 0.1) is 4.47 Å². The third kappa shape index (κ3) is 3.40. The van der Waals surface area contributed by atoms with Crippen molar-refractivity contribution in [1.82, 2.24) is 5.32 Å². The van der Waals surface area contributed by atoms with Crippen molar-refractivity contribution in [3.05, 3.63) is 68.4 Å². The summed E-state index contributed by atoms with van der Waals surface area (Å²) in [4.78, 5) is 0. The van der Waals surface area contributed by atoms with E-state index in [0.717, 1.165) is 22.6 Å². The minimum absolute atomic E-state index is 0.145. The van der Waals surface area contributed by atoms with Crippen molar-refractivity contribution >= 4 is 27.5 Å². The summed E-state index contributed by atoms with van der Waals surface area (Å²) in [5.41, 5.74) is 3.31. The molecule has 0 aliphatic carbocycles. The highest BCUT2D eigenvalue weighted by Crippen LogP contribution is 2.27. The summed E-state index contributed by atoms with van der Waals surface area (Å²) in [5.74, 6) is -0.242. The molecule has 0 radical (unpaired) electrons. The molecular formula is C16H16BrClFN. The van der Waals surface area contributed by atoms with Crippen LogP contribution in [0.25, 0.3) is 0 Å². The minimum Gasteiger partial charge on any atom is -0.313 e. The quantitative estimate of drug-likeness (QED) is 0.808. The number of halogens is 3. The van der Waals surface area contributed by atoms with Crippen LogP contribution in [-0.4, -0.2) is 7.05 Å². The molecule has 1 N–H and O–H groups in total. The van der Waals surface area contributed by atoms with Crippen LogP contribution < -0.4 is 5.32 Å². The van der Waals surface area contributed by atoms with Crippen LogP contribution in [-0.2, 0) is 6.42 Å². The Kier molecular flexibility index (Phi) is 5.19. The number of benzene rings is 2. The van der Waals surface area contributed by atoms with Crippen molar-refractivity contribution in [3.63, 3.8) is 0 Å². The Hall–Kier alpha value is -0.900. The van der Waals surface area contributed by atoms with Crippen LogP contribution in [0.3, 0.4) is 0 Å². The molecule has 2 aromatic rings. The second-order valence-electron chi connectivity index (χ2n) is 4.75. The van der Waals surface area contributed by atoms with Crippen LogP contribution in [0.15, 0.2) is 40.9 Å². The highest BCUT2D eigenvalue weighted by atomic mass is 79.9. The highest BCUT2D eigenvalue weighted by Gasteiger charge is 2.14. The summed E-state index contributed by atoms with van der Waals surface area (Å²) in [6, 6.07) is 11.2. The van der Waals surface area contributed by atoms with Crippen LogP contribution in [0.4, 0.5) is 4.39 Å². The fraction of sp³-hybridized carbons (Fsp3) is 0.250. The van der Waals surface area contributed by atoms with Gasteiger partial charge in [0, 0.05) is 11.1 Å². The lowest BCUT2D eigenvalue weighted by molar-refractivity contribution is 0.585. The van der Waals surface area contributed by atoms with E-state index in [1.54, 1.807) is 0 Å². The molecule has 1 unspecified atom stereocenters. The van der Waals surface area contributed by atoms with Crippen molar-refractivity contribution in [2.24, 2.45) is 0 Å². The zero-order chi connectivity index (χ0) is 14.7. The lowest BCUT2D eigenvalue weighted by atomic mass is 9.95. The number of nitrogens with one attached hydrogen (secondary N) is 1. The molecule has 0 bridgehead atoms. The van der Waals surface area contributed by atoms with Crippen molar-refractivity contribution in [2.75, 3.05) is 7.05 Å². The van der Waals surface area contributed by atoms with E-state index >= 15 is 0 Å². The molecule has 2 rings (SSSR count). The van der Waals surface area contributed by atoms with E-state index in [9.17, 15) is 4.39 Å². The number of likely N-dealkylation sites (N-methyl/N-ethyl adjacent to an activating group) is 1. The fourth-order valence-electron chi connectivity index (χ4n) is 2.27. The highest BCUT2D eigenvalue weighted by molar-refractivity contribution is 9.10. The van der Waals surface area contributed by atoms with E-state index in [1.807, 2.05) is 38.2 Å². The van der Waals surface area contributed by atoms with E-state index in [-0.39, 0.29) is 11.9 Å². The Morgan fingerprint density at radius 1 is 1.30 bits per heavy atom. The summed E-state index contributed by atoms with van der Waals surface area (Å²) >= 11 is 9.40.